The number of methoxy groups -OCH3 is 1. The van der Waals surface area contributed by atoms with Crippen molar-refractivity contribution in [3.8, 4) is 5.69 Å². The van der Waals surface area contributed by atoms with Crippen LogP contribution in [0.3, 0.4) is 0 Å². The molecule has 0 bridgehead atoms. The molecule has 0 spiro atoms. The fraction of sp³-hybridized carbons (Fsp3) is 0.235. The Hall–Kier alpha value is -1.84. The van der Waals surface area contributed by atoms with Crippen LogP contribution >= 0.6 is 11.6 Å². The average molecular weight is 301 g/mol. The summed E-state index contributed by atoms with van der Waals surface area (Å²) in [5.41, 5.74) is 5.44. The van der Waals surface area contributed by atoms with E-state index < -0.39 is 0 Å². The molecule has 2 aromatic carbocycles. The molecule has 0 atom stereocenters. The lowest BCUT2D eigenvalue weighted by Crippen LogP contribution is -2.00. The quantitative estimate of drug-likeness (QED) is 0.675. The van der Waals surface area contributed by atoms with Crippen LogP contribution in [0.2, 0.25) is 0 Å². The number of para-hydroxylation sites is 1. The topological polar surface area (TPSA) is 27.1 Å². The van der Waals surface area contributed by atoms with E-state index in [1.165, 1.54) is 0 Å². The molecule has 3 nitrogen and oxygen atoms in total. The molecule has 0 amide bonds. The average Bonchev–Trinajstić information content (AvgIpc) is 2.88. The molecule has 0 aliphatic rings. The van der Waals surface area contributed by atoms with Crippen molar-refractivity contribution in [2.24, 2.45) is 0 Å². The van der Waals surface area contributed by atoms with Crippen molar-refractivity contribution < 1.29 is 4.74 Å². The molecule has 0 saturated heterocycles. The van der Waals surface area contributed by atoms with Crippen LogP contribution in [0.15, 0.2) is 42.5 Å². The number of halogens is 1. The standard InChI is InChI=1S/C17H17ClN2O/c1-12-5-3-8-15-17(12)19-16(10-18)20(15)14-7-4-6-13(9-14)11-21-2/h3-9H,10-11H2,1-2H3. The van der Waals surface area contributed by atoms with Gasteiger partial charge in [0, 0.05) is 12.8 Å². The summed E-state index contributed by atoms with van der Waals surface area (Å²) in [4.78, 5) is 4.68. The fourth-order valence-corrected chi connectivity index (χ4v) is 2.80. The number of ether oxygens (including phenoxy) is 1. The van der Waals surface area contributed by atoms with Crippen LogP contribution in [0.4, 0.5) is 0 Å². The van der Waals surface area contributed by atoms with E-state index in [1.807, 2.05) is 12.1 Å². The molecule has 0 unspecified atom stereocenters. The van der Waals surface area contributed by atoms with Crippen molar-refractivity contribution >= 4 is 22.6 Å². The van der Waals surface area contributed by atoms with Crippen molar-refractivity contribution in [3.05, 3.63) is 59.4 Å². The lowest BCUT2D eigenvalue weighted by molar-refractivity contribution is 0.185. The van der Waals surface area contributed by atoms with E-state index in [0.29, 0.717) is 12.5 Å². The number of hydrogen-bond donors (Lipinski definition) is 0. The predicted molar refractivity (Wildman–Crippen MR) is 86.1 cm³/mol. The molecule has 0 aliphatic carbocycles. The van der Waals surface area contributed by atoms with Gasteiger partial charge in [0.2, 0.25) is 0 Å². The third kappa shape index (κ3) is 2.55. The molecular formula is C17H17ClN2O. The van der Waals surface area contributed by atoms with Crippen molar-refractivity contribution in [2.45, 2.75) is 19.4 Å². The van der Waals surface area contributed by atoms with Gasteiger partial charge < -0.3 is 4.74 Å². The second kappa shape index (κ2) is 5.88. The zero-order valence-electron chi connectivity index (χ0n) is 12.1. The zero-order chi connectivity index (χ0) is 14.8. The van der Waals surface area contributed by atoms with Gasteiger partial charge in [-0.1, -0.05) is 24.3 Å². The maximum Gasteiger partial charge on any atom is 0.129 e. The van der Waals surface area contributed by atoms with E-state index >= 15 is 0 Å². The third-order valence-electron chi connectivity index (χ3n) is 3.56. The number of aryl methyl sites for hydroxylation is 1. The van der Waals surface area contributed by atoms with Crippen molar-refractivity contribution in [1.82, 2.24) is 9.55 Å². The Morgan fingerprint density at radius 1 is 1.19 bits per heavy atom. The van der Waals surface area contributed by atoms with Gasteiger partial charge in [0.05, 0.1) is 23.5 Å². The number of aromatic nitrogens is 2. The van der Waals surface area contributed by atoms with Crippen molar-refractivity contribution in [2.75, 3.05) is 7.11 Å². The van der Waals surface area contributed by atoms with Gasteiger partial charge in [0.1, 0.15) is 5.82 Å². The molecule has 0 aliphatic heterocycles. The van der Waals surface area contributed by atoms with E-state index in [-0.39, 0.29) is 0 Å². The number of alkyl halides is 1. The Labute approximate surface area is 129 Å². The molecule has 3 aromatic rings. The van der Waals surface area contributed by atoms with E-state index in [4.69, 9.17) is 16.3 Å². The van der Waals surface area contributed by atoms with Gasteiger partial charge in [-0.3, -0.25) is 4.57 Å². The summed E-state index contributed by atoms with van der Waals surface area (Å²) in [6, 6.07) is 14.5. The van der Waals surface area contributed by atoms with Crippen LogP contribution in [-0.2, 0) is 17.2 Å². The molecule has 108 valence electrons. The molecule has 21 heavy (non-hydrogen) atoms. The first-order valence-electron chi connectivity index (χ1n) is 6.85. The second-order valence-corrected chi connectivity index (χ2v) is 5.31. The number of hydrogen-bond acceptors (Lipinski definition) is 2. The summed E-state index contributed by atoms with van der Waals surface area (Å²) in [6.07, 6.45) is 0. The summed E-state index contributed by atoms with van der Waals surface area (Å²) in [6.45, 7) is 2.66. The Balaban J connectivity index is 2.23. The predicted octanol–water partition coefficient (Wildman–Crippen LogP) is 4.22. The maximum absolute atomic E-state index is 6.10. The lowest BCUT2D eigenvalue weighted by atomic mass is 10.2. The molecule has 0 radical (unpaired) electrons. The fourth-order valence-electron chi connectivity index (χ4n) is 2.62. The zero-order valence-corrected chi connectivity index (χ0v) is 12.9. The molecule has 0 fully saturated rings. The van der Waals surface area contributed by atoms with Crippen LogP contribution < -0.4 is 0 Å². The van der Waals surface area contributed by atoms with Gasteiger partial charge in [0.15, 0.2) is 0 Å². The molecule has 1 aromatic heterocycles. The molecule has 1 heterocycles. The summed E-state index contributed by atoms with van der Waals surface area (Å²) >= 11 is 6.10. The Bertz CT molecular complexity index is 780. The monoisotopic (exact) mass is 300 g/mol. The van der Waals surface area contributed by atoms with Crippen LogP contribution in [0.5, 0.6) is 0 Å². The molecule has 4 heteroatoms. The van der Waals surface area contributed by atoms with Crippen LogP contribution in [-0.4, -0.2) is 16.7 Å². The van der Waals surface area contributed by atoms with Crippen LogP contribution in [0.1, 0.15) is 17.0 Å². The molecular weight excluding hydrogens is 284 g/mol. The SMILES string of the molecule is COCc1cccc(-n2c(CCl)nc3c(C)cccc32)c1. The van der Waals surface area contributed by atoms with Gasteiger partial charge in [-0.05, 0) is 36.2 Å². The van der Waals surface area contributed by atoms with Gasteiger partial charge in [-0.2, -0.15) is 0 Å². The maximum atomic E-state index is 6.10. The first kappa shape index (κ1) is 14.1. The smallest absolute Gasteiger partial charge is 0.129 e. The van der Waals surface area contributed by atoms with Crippen molar-refractivity contribution in [3.63, 3.8) is 0 Å². The number of nitrogens with zero attached hydrogens (tertiary/aromatic N) is 2. The van der Waals surface area contributed by atoms with Crippen LogP contribution in [0.25, 0.3) is 16.7 Å². The first-order valence-corrected chi connectivity index (χ1v) is 7.39. The Morgan fingerprint density at radius 2 is 2.00 bits per heavy atom. The normalized spacial score (nSPS) is 11.2. The van der Waals surface area contributed by atoms with Gasteiger partial charge in [0.25, 0.3) is 0 Å². The minimum Gasteiger partial charge on any atom is -0.380 e. The second-order valence-electron chi connectivity index (χ2n) is 5.04. The number of fused-ring (bicyclic) bond motifs is 1. The van der Waals surface area contributed by atoms with Crippen LogP contribution in [0, 0.1) is 6.92 Å². The van der Waals surface area contributed by atoms with Crippen molar-refractivity contribution in [1.29, 1.82) is 0 Å². The number of rotatable bonds is 4. The Kier molecular flexibility index (Phi) is 3.95. The number of benzene rings is 2. The van der Waals surface area contributed by atoms with E-state index in [9.17, 15) is 0 Å². The third-order valence-corrected chi connectivity index (χ3v) is 3.79. The summed E-state index contributed by atoms with van der Waals surface area (Å²) < 4.78 is 7.33. The highest BCUT2D eigenvalue weighted by atomic mass is 35.5. The highest BCUT2D eigenvalue weighted by Crippen LogP contribution is 2.25. The largest absolute Gasteiger partial charge is 0.380 e. The summed E-state index contributed by atoms with van der Waals surface area (Å²) in [7, 11) is 1.70. The lowest BCUT2D eigenvalue weighted by Gasteiger charge is -2.10. The summed E-state index contributed by atoms with van der Waals surface area (Å²) in [5.74, 6) is 1.23. The van der Waals surface area contributed by atoms with E-state index in [1.54, 1.807) is 7.11 Å². The summed E-state index contributed by atoms with van der Waals surface area (Å²) in [5, 5.41) is 0. The van der Waals surface area contributed by atoms with Gasteiger partial charge in [-0.25, -0.2) is 4.98 Å². The highest BCUT2D eigenvalue weighted by Gasteiger charge is 2.13. The van der Waals surface area contributed by atoms with Gasteiger partial charge >= 0.3 is 0 Å². The van der Waals surface area contributed by atoms with E-state index in [2.05, 4.69) is 46.8 Å². The first-order chi connectivity index (χ1) is 10.2. The molecule has 0 N–H and O–H groups in total. The van der Waals surface area contributed by atoms with E-state index in [0.717, 1.165) is 33.7 Å². The highest BCUT2D eigenvalue weighted by molar-refractivity contribution is 6.17. The Morgan fingerprint density at radius 3 is 2.76 bits per heavy atom. The minimum atomic E-state index is 0.378. The van der Waals surface area contributed by atoms with Gasteiger partial charge in [-0.15, -0.1) is 11.6 Å². The molecule has 0 saturated carbocycles. The number of imidazole rings is 1. The minimum absolute atomic E-state index is 0.378. The molecule has 3 rings (SSSR count).